The summed E-state index contributed by atoms with van der Waals surface area (Å²) in [4.78, 5) is 49.0. The molecule has 0 aromatic heterocycles. The van der Waals surface area contributed by atoms with E-state index in [1.807, 2.05) is 73.9 Å². The molecule has 362 valence electrons. The second-order valence-electron chi connectivity index (χ2n) is 21.7. The third-order valence-corrected chi connectivity index (χ3v) is 14.8. The molecule has 5 saturated heterocycles. The van der Waals surface area contributed by atoms with Gasteiger partial charge in [-0.05, 0) is 137 Å². The summed E-state index contributed by atoms with van der Waals surface area (Å²) in [6.07, 6.45) is 18.0. The molecule has 0 aromatic carbocycles. The summed E-state index contributed by atoms with van der Waals surface area (Å²) in [5.41, 5.74) is 5.78. The molecule has 15 heteroatoms. The molecule has 5 aliphatic heterocycles. The summed E-state index contributed by atoms with van der Waals surface area (Å²) in [5.74, 6) is 0. The molecular formula is C48H88IN9O5. The Morgan fingerprint density at radius 1 is 0.762 bits per heavy atom. The zero-order valence-electron chi connectivity index (χ0n) is 41.8. The minimum absolute atomic E-state index is 0.129. The van der Waals surface area contributed by atoms with Crippen molar-refractivity contribution in [2.75, 3.05) is 57.3 Å². The Morgan fingerprint density at radius 2 is 1.17 bits per heavy atom. The van der Waals surface area contributed by atoms with E-state index in [4.69, 9.17) is 21.8 Å². The maximum Gasteiger partial charge on any atom is 0.410 e. The fourth-order valence-electron chi connectivity index (χ4n) is 11.0. The molecule has 0 aromatic rings. The molecule has 0 bridgehead atoms. The van der Waals surface area contributed by atoms with Crippen LogP contribution in [0.15, 0.2) is 0 Å². The van der Waals surface area contributed by atoms with E-state index in [2.05, 4.69) is 39.2 Å². The Hall–Kier alpha value is -2.13. The average molecular weight is 999 g/mol. The number of fused-ring (bicyclic) bond motifs is 1. The fraction of sp³-hybridized carbons (Fsp3) is 0.917. The van der Waals surface area contributed by atoms with Crippen molar-refractivity contribution in [1.29, 1.82) is 5.26 Å². The quantitative estimate of drug-likeness (QED) is 0.181. The van der Waals surface area contributed by atoms with Crippen LogP contribution in [0, 0.1) is 11.3 Å². The van der Waals surface area contributed by atoms with Crippen molar-refractivity contribution >= 4 is 40.8 Å². The number of urea groups is 1. The van der Waals surface area contributed by atoms with E-state index < -0.39 is 11.2 Å². The summed E-state index contributed by atoms with van der Waals surface area (Å²) in [6, 6.07) is 4.53. The van der Waals surface area contributed by atoms with Gasteiger partial charge < -0.3 is 40.5 Å². The number of likely N-dealkylation sites (tertiary alicyclic amines) is 4. The van der Waals surface area contributed by atoms with Crippen molar-refractivity contribution in [2.24, 2.45) is 5.73 Å². The van der Waals surface area contributed by atoms with Gasteiger partial charge in [0.2, 0.25) is 0 Å². The van der Waals surface area contributed by atoms with Crippen LogP contribution in [0.3, 0.4) is 0 Å². The van der Waals surface area contributed by atoms with E-state index in [9.17, 15) is 14.4 Å². The molecule has 14 nitrogen and oxygen atoms in total. The number of nitrogens with zero attached hydrogens (tertiary/aromatic N) is 6. The molecule has 63 heavy (non-hydrogen) atoms. The zero-order chi connectivity index (χ0) is 47.3. The first-order chi connectivity index (χ1) is 30.2. The van der Waals surface area contributed by atoms with Gasteiger partial charge in [-0.15, -0.1) is 0 Å². The van der Waals surface area contributed by atoms with Crippen molar-refractivity contribution in [3.05, 3.63) is 0 Å². The molecule has 4 N–H and O–H groups in total. The predicted octanol–water partition coefficient (Wildman–Crippen LogP) is 8.26. The first kappa shape index (κ1) is 51.8. The smallest absolute Gasteiger partial charge is 0.410 e. The highest BCUT2D eigenvalue weighted by molar-refractivity contribution is 14.1. The molecule has 0 unspecified atom stereocenters. The van der Waals surface area contributed by atoms with Crippen LogP contribution < -0.4 is 16.4 Å². The van der Waals surface area contributed by atoms with E-state index in [0.717, 1.165) is 104 Å². The molecule has 0 spiro atoms. The lowest BCUT2D eigenvalue weighted by Gasteiger charge is -2.50. The van der Waals surface area contributed by atoms with Gasteiger partial charge in [0, 0.05) is 95.9 Å². The lowest BCUT2D eigenvalue weighted by Crippen LogP contribution is -2.59. The molecule has 5 heterocycles. The van der Waals surface area contributed by atoms with Crippen molar-refractivity contribution < 1.29 is 25.2 Å². The second kappa shape index (κ2) is 24.1. The Labute approximate surface area is 397 Å². The summed E-state index contributed by atoms with van der Waals surface area (Å²) in [6.45, 7) is 25.1. The SMILES string of the molecule is CC#N.CC(C)(C)OC(=O)N1CCC(C)(N2CCC(N3C(=O)N[C@H]4CCCC[C@@H]43)CC2)CC1.CC(C)(C)OC(=O)N1CCC(C)(N2CCC(N[C@H]3CCCC[C@@H]3N)CC2)CC1.[2H]CI. The highest BCUT2D eigenvalue weighted by Crippen LogP contribution is 2.37. The molecule has 2 saturated carbocycles. The van der Waals surface area contributed by atoms with Gasteiger partial charge in [-0.1, -0.05) is 48.3 Å². The third-order valence-electron chi connectivity index (χ3n) is 14.8. The van der Waals surface area contributed by atoms with Gasteiger partial charge in [0.1, 0.15) is 11.2 Å². The van der Waals surface area contributed by atoms with Gasteiger partial charge >= 0.3 is 18.2 Å². The topological polar surface area (TPSA) is 160 Å². The minimum atomic E-state index is -0.446. The van der Waals surface area contributed by atoms with E-state index in [1.165, 1.54) is 58.3 Å². The number of nitriles is 1. The van der Waals surface area contributed by atoms with E-state index in [0.29, 0.717) is 41.2 Å². The number of piperidine rings is 4. The van der Waals surface area contributed by atoms with E-state index in [-0.39, 0.29) is 29.3 Å². The number of nitrogens with two attached hydrogens (primary N) is 1. The summed E-state index contributed by atoms with van der Waals surface area (Å²) >= 11 is 1.96. The van der Waals surface area contributed by atoms with Gasteiger partial charge in [-0.3, -0.25) is 9.80 Å². The lowest BCUT2D eigenvalue weighted by molar-refractivity contribution is -0.0143. The van der Waals surface area contributed by atoms with Crippen LogP contribution in [0.1, 0.15) is 166 Å². The van der Waals surface area contributed by atoms with Gasteiger partial charge in [0.05, 0.1) is 18.2 Å². The highest BCUT2D eigenvalue weighted by atomic mass is 127. The van der Waals surface area contributed by atoms with Crippen LogP contribution in [0.4, 0.5) is 14.4 Å². The molecular weight excluding hydrogens is 909 g/mol. The number of carbonyl (C=O) groups excluding carboxylic acids is 3. The number of ether oxygens (including phenoxy) is 2. The maximum absolute atomic E-state index is 12.6. The van der Waals surface area contributed by atoms with Crippen LogP contribution >= 0.6 is 22.6 Å². The van der Waals surface area contributed by atoms with E-state index >= 15 is 0 Å². The number of nitrogens with one attached hydrogen (secondary N) is 2. The first-order valence-electron chi connectivity index (χ1n) is 25.1. The van der Waals surface area contributed by atoms with Gasteiger partial charge in [0.15, 0.2) is 0 Å². The van der Waals surface area contributed by atoms with Crippen molar-refractivity contribution in [1.82, 2.24) is 35.1 Å². The molecule has 0 radical (unpaired) electrons. The van der Waals surface area contributed by atoms with Crippen LogP contribution in [0.5, 0.6) is 0 Å². The Bertz CT molecular complexity index is 1490. The predicted molar refractivity (Wildman–Crippen MR) is 261 cm³/mol. The molecule has 2 aliphatic carbocycles. The summed E-state index contributed by atoms with van der Waals surface area (Å²) in [5, 5.41) is 14.4. The maximum atomic E-state index is 12.6. The minimum Gasteiger partial charge on any atom is -0.444 e. The fourth-order valence-corrected chi connectivity index (χ4v) is 11.0. The normalized spacial score (nSPS) is 28.5. The van der Waals surface area contributed by atoms with Crippen LogP contribution in [0.25, 0.3) is 0 Å². The molecule has 4 atom stereocenters. The Kier molecular flexibility index (Phi) is 19.8. The lowest BCUT2D eigenvalue weighted by atomic mass is 9.85. The molecule has 4 amide bonds. The standard InChI is InChI=1S/C23H40N4O3.C22H42N4O2.C2H3N.CH3I/c1-22(2,3)30-21(29)25-15-11-23(4,12-16-25)26-13-9-17(10-14-26)27-19-8-6-5-7-18(19)24-20(27)28;1-21(2,3)28-20(27)25-15-11-22(4,12-16-25)26-13-9-17(10-14-26)24-19-8-6-5-7-18(19)23;1-2-3;1-2/h17-19H,5-16H2,1-4H3,(H,24,28);17-19,24H,5-16,23H2,1-4H3;1H3;1H3/t2*18-,19-;;/m00../s1/i;;;1D. The highest BCUT2D eigenvalue weighted by Gasteiger charge is 2.46. The average Bonchev–Trinajstić information content (AvgIpc) is 3.57. The Morgan fingerprint density at radius 3 is 1.62 bits per heavy atom. The number of amides is 4. The number of carbonyl (C=O) groups is 3. The van der Waals surface area contributed by atoms with E-state index in [1.54, 1.807) is 6.07 Å². The van der Waals surface area contributed by atoms with Crippen molar-refractivity contribution in [2.45, 2.75) is 224 Å². The summed E-state index contributed by atoms with van der Waals surface area (Å²) < 4.78 is 17.3. The number of hydrogen-bond acceptors (Lipinski definition) is 10. The van der Waals surface area contributed by atoms with Gasteiger partial charge in [-0.2, -0.15) is 5.26 Å². The van der Waals surface area contributed by atoms with Crippen molar-refractivity contribution in [3.63, 3.8) is 0 Å². The van der Waals surface area contributed by atoms with Crippen molar-refractivity contribution in [3.8, 4) is 6.07 Å². The van der Waals surface area contributed by atoms with Gasteiger partial charge in [0.25, 0.3) is 0 Å². The largest absolute Gasteiger partial charge is 0.444 e. The first-order valence-corrected chi connectivity index (χ1v) is 25.9. The number of halogens is 1. The molecule has 7 rings (SSSR count). The number of hydrogen-bond donors (Lipinski definition) is 3. The number of alkyl halides is 1. The number of rotatable bonds is 5. The second-order valence-corrected chi connectivity index (χ2v) is 21.7. The summed E-state index contributed by atoms with van der Waals surface area (Å²) in [7, 11) is 0. The Balaban J connectivity index is 0.000000251. The van der Waals surface area contributed by atoms with Crippen LogP contribution in [-0.4, -0.2) is 159 Å². The van der Waals surface area contributed by atoms with Crippen LogP contribution in [-0.2, 0) is 9.47 Å². The van der Waals surface area contributed by atoms with Crippen LogP contribution in [0.2, 0.25) is 0 Å². The molecule has 7 fully saturated rings. The monoisotopic (exact) mass is 999 g/mol. The zero-order valence-corrected chi connectivity index (χ0v) is 43.0. The van der Waals surface area contributed by atoms with Gasteiger partial charge in [-0.25, -0.2) is 14.4 Å². The third kappa shape index (κ3) is 15.5. The molecule has 7 aliphatic rings.